The fourth-order valence-electron chi connectivity index (χ4n) is 0.774. The summed E-state index contributed by atoms with van der Waals surface area (Å²) >= 11 is 0. The Bertz CT molecular complexity index is 253. The minimum absolute atomic E-state index is 0. The van der Waals surface area contributed by atoms with Crippen molar-refractivity contribution in [3.63, 3.8) is 0 Å². The molecule has 0 bridgehead atoms. The maximum atomic E-state index is 3.71. The largest absolute Gasteiger partial charge is 1.00 e. The van der Waals surface area contributed by atoms with Crippen molar-refractivity contribution in [2.75, 3.05) is 0 Å². The van der Waals surface area contributed by atoms with Crippen LogP contribution in [0.15, 0.2) is 30.3 Å². The van der Waals surface area contributed by atoms with E-state index in [9.17, 15) is 0 Å². The molecule has 1 rings (SSSR count). The van der Waals surface area contributed by atoms with Crippen LogP contribution in [0.3, 0.4) is 0 Å². The zero-order chi connectivity index (χ0) is 7.94. The van der Waals surface area contributed by atoms with E-state index in [1.54, 1.807) is 0 Å². The second kappa shape index (κ2) is 7.05. The molecule has 0 unspecified atom stereocenters. The standard InChI is InChI=1S/C11H11.Li/c1-2-3-5-8-11-9-6-4-7-10-11;/h4,6-7,9-10H,1-3H2;/q-1;+1. The third kappa shape index (κ3) is 4.30. The molecule has 12 heavy (non-hydrogen) atoms. The van der Waals surface area contributed by atoms with Crippen LogP contribution in [0.2, 0.25) is 0 Å². The van der Waals surface area contributed by atoms with Crippen molar-refractivity contribution in [3.05, 3.63) is 42.8 Å². The van der Waals surface area contributed by atoms with E-state index in [4.69, 9.17) is 0 Å². The van der Waals surface area contributed by atoms with E-state index in [1.165, 1.54) is 0 Å². The van der Waals surface area contributed by atoms with Crippen LogP contribution < -0.4 is 18.9 Å². The molecule has 0 fully saturated rings. The van der Waals surface area contributed by atoms with Gasteiger partial charge in [0.05, 0.1) is 0 Å². The molecule has 0 spiro atoms. The predicted molar refractivity (Wildman–Crippen MR) is 47.9 cm³/mol. The van der Waals surface area contributed by atoms with Crippen molar-refractivity contribution in [2.45, 2.75) is 12.8 Å². The Morgan fingerprint density at radius 1 is 1.17 bits per heavy atom. The molecule has 0 aromatic heterocycles. The Kier molecular flexibility index (Phi) is 6.68. The summed E-state index contributed by atoms with van der Waals surface area (Å²) in [5, 5.41) is 0. The van der Waals surface area contributed by atoms with Gasteiger partial charge in [0.25, 0.3) is 0 Å². The van der Waals surface area contributed by atoms with E-state index in [-0.39, 0.29) is 18.9 Å². The molecule has 0 aliphatic heterocycles. The van der Waals surface area contributed by atoms with E-state index in [1.807, 2.05) is 30.3 Å². The molecule has 0 saturated heterocycles. The molecule has 0 aliphatic rings. The van der Waals surface area contributed by atoms with Gasteiger partial charge in [-0.15, -0.1) is 5.92 Å². The van der Waals surface area contributed by atoms with Crippen LogP contribution in [0.4, 0.5) is 0 Å². The molecule has 0 amide bonds. The van der Waals surface area contributed by atoms with Crippen LogP contribution >= 0.6 is 0 Å². The van der Waals surface area contributed by atoms with Crippen LogP contribution in [-0.4, -0.2) is 0 Å². The van der Waals surface area contributed by atoms with Crippen molar-refractivity contribution in [2.24, 2.45) is 0 Å². The summed E-state index contributed by atoms with van der Waals surface area (Å²) in [6.45, 7) is 3.71. The number of hydrogen-bond acceptors (Lipinski definition) is 0. The van der Waals surface area contributed by atoms with Gasteiger partial charge in [0, 0.05) is 5.56 Å². The van der Waals surface area contributed by atoms with Gasteiger partial charge < -0.3 is 6.92 Å². The van der Waals surface area contributed by atoms with Crippen molar-refractivity contribution < 1.29 is 18.9 Å². The van der Waals surface area contributed by atoms with E-state index < -0.39 is 0 Å². The molecule has 0 heterocycles. The minimum atomic E-state index is 0. The minimum Gasteiger partial charge on any atom is -0.342 e. The van der Waals surface area contributed by atoms with Crippen molar-refractivity contribution in [3.8, 4) is 11.8 Å². The van der Waals surface area contributed by atoms with Gasteiger partial charge in [0.15, 0.2) is 0 Å². The molecular weight excluding hydrogens is 139 g/mol. The van der Waals surface area contributed by atoms with Crippen molar-refractivity contribution in [1.29, 1.82) is 0 Å². The predicted octanol–water partition coefficient (Wildman–Crippen LogP) is -0.344. The van der Waals surface area contributed by atoms with Gasteiger partial charge in [0.1, 0.15) is 0 Å². The van der Waals surface area contributed by atoms with Crippen molar-refractivity contribution in [1.82, 2.24) is 0 Å². The first-order valence-corrected chi connectivity index (χ1v) is 3.76. The molecule has 0 nitrogen and oxygen atoms in total. The molecule has 1 heteroatoms. The quantitative estimate of drug-likeness (QED) is 0.292. The molecule has 0 radical (unpaired) electrons. The van der Waals surface area contributed by atoms with Crippen LogP contribution in [0.5, 0.6) is 0 Å². The van der Waals surface area contributed by atoms with Gasteiger partial charge in [-0.05, 0) is 18.6 Å². The van der Waals surface area contributed by atoms with Gasteiger partial charge in [0.2, 0.25) is 0 Å². The first-order valence-electron chi connectivity index (χ1n) is 3.76. The van der Waals surface area contributed by atoms with Gasteiger partial charge in [-0.2, -0.15) is 6.42 Å². The molecule has 1 aromatic carbocycles. The Morgan fingerprint density at radius 2 is 1.83 bits per heavy atom. The van der Waals surface area contributed by atoms with Crippen LogP contribution in [0.1, 0.15) is 18.4 Å². The SMILES string of the molecule is [CH2-]CCC#Cc1ccccc1.[Li+]. The van der Waals surface area contributed by atoms with Gasteiger partial charge in [-0.1, -0.05) is 24.1 Å². The molecule has 0 aliphatic carbocycles. The summed E-state index contributed by atoms with van der Waals surface area (Å²) in [5.41, 5.74) is 1.08. The monoisotopic (exact) mass is 150 g/mol. The van der Waals surface area contributed by atoms with E-state index in [0.717, 1.165) is 18.4 Å². The maximum Gasteiger partial charge on any atom is 1.00 e. The second-order valence-electron chi connectivity index (χ2n) is 2.27. The first-order chi connectivity index (χ1) is 5.43. The topological polar surface area (TPSA) is 0 Å². The van der Waals surface area contributed by atoms with Crippen LogP contribution in [0.25, 0.3) is 0 Å². The number of hydrogen-bond donors (Lipinski definition) is 0. The normalized spacial score (nSPS) is 7.75. The van der Waals surface area contributed by atoms with E-state index in [2.05, 4.69) is 18.8 Å². The summed E-state index contributed by atoms with van der Waals surface area (Å²) in [4.78, 5) is 0. The zero-order valence-electron chi connectivity index (χ0n) is 7.51. The van der Waals surface area contributed by atoms with Gasteiger partial charge in [-0.25, -0.2) is 0 Å². The average Bonchev–Trinajstić information content (AvgIpc) is 2.07. The summed E-state index contributed by atoms with van der Waals surface area (Å²) < 4.78 is 0. The molecular formula is C11H11Li. The van der Waals surface area contributed by atoms with E-state index in [0.29, 0.717) is 0 Å². The van der Waals surface area contributed by atoms with E-state index >= 15 is 0 Å². The first kappa shape index (κ1) is 11.4. The third-order valence-electron chi connectivity index (χ3n) is 1.31. The fraction of sp³-hybridized carbons (Fsp3) is 0.182. The Morgan fingerprint density at radius 3 is 2.42 bits per heavy atom. The molecule has 56 valence electrons. The summed E-state index contributed by atoms with van der Waals surface area (Å²) in [5.74, 6) is 6.09. The summed E-state index contributed by atoms with van der Waals surface area (Å²) in [6, 6.07) is 10.0. The second-order valence-corrected chi connectivity index (χ2v) is 2.27. The number of unbranched alkanes of at least 4 members (excludes halogenated alkanes) is 1. The maximum absolute atomic E-state index is 3.71. The van der Waals surface area contributed by atoms with Crippen molar-refractivity contribution >= 4 is 0 Å². The smallest absolute Gasteiger partial charge is 0.342 e. The average molecular weight is 150 g/mol. The zero-order valence-corrected chi connectivity index (χ0v) is 7.51. The van der Waals surface area contributed by atoms with Gasteiger partial charge >= 0.3 is 18.9 Å². The van der Waals surface area contributed by atoms with Crippen LogP contribution in [-0.2, 0) is 0 Å². The fourth-order valence-corrected chi connectivity index (χ4v) is 0.774. The molecule has 0 N–H and O–H groups in total. The summed E-state index contributed by atoms with van der Waals surface area (Å²) in [6.07, 6.45) is 1.77. The Labute approximate surface area is 86.6 Å². The Balaban J connectivity index is 0.00000121. The number of rotatable bonds is 1. The summed E-state index contributed by atoms with van der Waals surface area (Å²) in [7, 11) is 0. The molecule has 1 aromatic rings. The third-order valence-corrected chi connectivity index (χ3v) is 1.31. The van der Waals surface area contributed by atoms with Gasteiger partial charge in [-0.3, -0.25) is 0 Å². The number of benzene rings is 1. The Hall–Kier alpha value is -0.623. The van der Waals surface area contributed by atoms with Crippen LogP contribution in [0, 0.1) is 18.8 Å². The molecule has 0 saturated carbocycles. The molecule has 0 atom stereocenters.